The Morgan fingerprint density at radius 1 is 0.424 bits per heavy atom. The topological polar surface area (TPSA) is 55.8 Å². The highest BCUT2D eigenvalue weighted by atomic mass is 16.6. The molecule has 59 heavy (non-hydrogen) atoms. The molecule has 0 heterocycles. The Morgan fingerprint density at radius 2 is 0.763 bits per heavy atom. The summed E-state index contributed by atoms with van der Waals surface area (Å²) in [6, 6.07) is 0. The summed E-state index contributed by atoms with van der Waals surface area (Å²) >= 11 is 0. The van der Waals surface area contributed by atoms with E-state index in [2.05, 4.69) is 98.9 Å². The van der Waals surface area contributed by atoms with Crippen LogP contribution in [-0.4, -0.2) is 37.0 Å². The molecule has 340 valence electrons. The van der Waals surface area contributed by atoms with Gasteiger partial charge in [-0.05, 0) is 89.9 Å². The highest BCUT2D eigenvalue weighted by molar-refractivity contribution is 5.69. The molecule has 0 saturated heterocycles. The van der Waals surface area contributed by atoms with E-state index in [9.17, 15) is 9.90 Å². The number of rotatable bonds is 46. The van der Waals surface area contributed by atoms with Crippen molar-refractivity contribution in [3.05, 3.63) is 85.1 Å². The molecule has 0 spiro atoms. The molecule has 1 unspecified atom stereocenters. The molecule has 0 aliphatic carbocycles. The molecule has 0 aliphatic rings. The Labute approximate surface area is 367 Å². The van der Waals surface area contributed by atoms with E-state index in [0.29, 0.717) is 13.0 Å². The largest absolute Gasteiger partial charge is 0.457 e. The third-order valence-electron chi connectivity index (χ3n) is 10.7. The van der Waals surface area contributed by atoms with Gasteiger partial charge in [-0.3, -0.25) is 4.79 Å². The molecule has 0 radical (unpaired) electrons. The minimum Gasteiger partial charge on any atom is -0.457 e. The fraction of sp³-hybridized carbons (Fsp3) is 0.727. The molecule has 0 fully saturated rings. The zero-order valence-electron chi connectivity index (χ0n) is 39.0. The van der Waals surface area contributed by atoms with E-state index in [0.717, 1.165) is 70.6 Å². The van der Waals surface area contributed by atoms with E-state index < -0.39 is 6.10 Å². The van der Waals surface area contributed by atoms with Gasteiger partial charge in [-0.1, -0.05) is 221 Å². The number of carbonyl (C=O) groups excluding carboxylic acids is 1. The molecule has 0 saturated carbocycles. The van der Waals surface area contributed by atoms with Crippen LogP contribution in [0.4, 0.5) is 0 Å². The van der Waals surface area contributed by atoms with Crippen molar-refractivity contribution in [2.45, 2.75) is 238 Å². The van der Waals surface area contributed by atoms with Gasteiger partial charge in [-0.25, -0.2) is 0 Å². The van der Waals surface area contributed by atoms with Gasteiger partial charge < -0.3 is 14.6 Å². The van der Waals surface area contributed by atoms with Crippen molar-refractivity contribution in [3.8, 4) is 0 Å². The van der Waals surface area contributed by atoms with Crippen LogP contribution in [0.3, 0.4) is 0 Å². The molecular formula is C55H96O4. The van der Waals surface area contributed by atoms with Crippen LogP contribution in [-0.2, 0) is 14.3 Å². The first-order valence-electron chi connectivity index (χ1n) is 25.2. The predicted molar refractivity (Wildman–Crippen MR) is 260 cm³/mol. The lowest BCUT2D eigenvalue weighted by molar-refractivity contribution is -0.154. The molecule has 1 atom stereocenters. The van der Waals surface area contributed by atoms with Crippen LogP contribution < -0.4 is 0 Å². The zero-order valence-corrected chi connectivity index (χ0v) is 39.0. The van der Waals surface area contributed by atoms with E-state index >= 15 is 0 Å². The van der Waals surface area contributed by atoms with Crippen LogP contribution in [0, 0.1) is 0 Å². The Morgan fingerprint density at radius 3 is 1.15 bits per heavy atom. The summed E-state index contributed by atoms with van der Waals surface area (Å²) in [4.78, 5) is 12.3. The van der Waals surface area contributed by atoms with Crippen molar-refractivity contribution < 1.29 is 19.4 Å². The fourth-order valence-corrected chi connectivity index (χ4v) is 6.97. The van der Waals surface area contributed by atoms with Gasteiger partial charge in [-0.15, -0.1) is 0 Å². The van der Waals surface area contributed by atoms with E-state index in [-0.39, 0.29) is 19.2 Å². The smallest absolute Gasteiger partial charge is 0.306 e. The number of unbranched alkanes of at least 4 members (excludes halogenated alkanes) is 24. The van der Waals surface area contributed by atoms with Crippen molar-refractivity contribution >= 4 is 5.97 Å². The number of esters is 1. The van der Waals surface area contributed by atoms with Gasteiger partial charge in [0.25, 0.3) is 0 Å². The van der Waals surface area contributed by atoms with Crippen LogP contribution in [0.25, 0.3) is 0 Å². The Kier molecular flexibility index (Phi) is 49.6. The van der Waals surface area contributed by atoms with Gasteiger partial charge in [0.15, 0.2) is 0 Å². The molecule has 4 heteroatoms. The number of hydrogen-bond donors (Lipinski definition) is 1. The molecule has 0 rings (SSSR count). The first-order chi connectivity index (χ1) is 29.2. The lowest BCUT2D eigenvalue weighted by Gasteiger charge is -2.16. The molecule has 1 N–H and O–H groups in total. The zero-order chi connectivity index (χ0) is 42.6. The number of aliphatic hydroxyl groups is 1. The maximum absolute atomic E-state index is 12.3. The van der Waals surface area contributed by atoms with E-state index in [1.165, 1.54) is 141 Å². The van der Waals surface area contributed by atoms with Crippen LogP contribution in [0.1, 0.15) is 232 Å². The van der Waals surface area contributed by atoms with Crippen LogP contribution in [0.15, 0.2) is 85.1 Å². The second-order valence-corrected chi connectivity index (χ2v) is 16.5. The van der Waals surface area contributed by atoms with Crippen molar-refractivity contribution in [1.29, 1.82) is 0 Å². The number of hydrogen-bond acceptors (Lipinski definition) is 4. The van der Waals surface area contributed by atoms with Gasteiger partial charge >= 0.3 is 5.97 Å². The molecule has 0 aliphatic heterocycles. The fourth-order valence-electron chi connectivity index (χ4n) is 6.97. The van der Waals surface area contributed by atoms with Gasteiger partial charge in [-0.2, -0.15) is 0 Å². The molecule has 0 aromatic carbocycles. The summed E-state index contributed by atoms with van der Waals surface area (Å²) in [6.07, 6.45) is 72.4. The van der Waals surface area contributed by atoms with Gasteiger partial charge in [0, 0.05) is 13.0 Å². The van der Waals surface area contributed by atoms with Gasteiger partial charge in [0.1, 0.15) is 6.10 Å². The van der Waals surface area contributed by atoms with E-state index in [1.807, 2.05) is 0 Å². The van der Waals surface area contributed by atoms with Crippen LogP contribution >= 0.6 is 0 Å². The summed E-state index contributed by atoms with van der Waals surface area (Å²) in [5, 5.41) is 9.65. The first-order valence-corrected chi connectivity index (χ1v) is 25.2. The van der Waals surface area contributed by atoms with Crippen LogP contribution in [0.2, 0.25) is 0 Å². The number of allylic oxidation sites excluding steroid dienone is 14. The standard InChI is InChI=1S/C55H96O4/c1-3-5-7-9-11-13-15-17-19-21-23-25-26-27-28-29-31-33-35-37-39-41-43-45-47-49-51-58-53-54(52-56)59-55(57)50-48-46-44-42-40-38-36-34-32-30-24-22-20-18-16-14-12-10-8-6-4-2/h5,7,11,13,16-19,22-25,32,34,54,56H,3-4,6,8-10,12,14-15,20-21,26-31,33,35-53H2,1-2H3/b7-5-,13-11-,18-16-,19-17-,24-22-,25-23-,34-32-. The summed E-state index contributed by atoms with van der Waals surface area (Å²) in [7, 11) is 0. The SMILES string of the molecule is CC/C=C\C/C=C\C/C=C\C/C=C\CCCCCCCCCCCCCCCOCC(CO)OC(=O)CCCCCCCC/C=C\C/C=C\C/C=C\CCCCCCC. The third kappa shape index (κ3) is 49.8. The lowest BCUT2D eigenvalue weighted by atomic mass is 10.0. The van der Waals surface area contributed by atoms with E-state index in [4.69, 9.17) is 9.47 Å². The molecule has 0 aromatic rings. The Hall–Kier alpha value is -2.43. The highest BCUT2D eigenvalue weighted by Gasteiger charge is 2.13. The van der Waals surface area contributed by atoms with Crippen molar-refractivity contribution in [3.63, 3.8) is 0 Å². The normalized spacial score (nSPS) is 13.1. The first kappa shape index (κ1) is 56.6. The summed E-state index contributed by atoms with van der Waals surface area (Å²) in [5.41, 5.74) is 0. The highest BCUT2D eigenvalue weighted by Crippen LogP contribution is 2.14. The monoisotopic (exact) mass is 821 g/mol. The average molecular weight is 821 g/mol. The predicted octanol–water partition coefficient (Wildman–Crippen LogP) is 17.1. The quantitative estimate of drug-likeness (QED) is 0.0378. The minimum absolute atomic E-state index is 0.181. The van der Waals surface area contributed by atoms with Gasteiger partial charge in [0.2, 0.25) is 0 Å². The average Bonchev–Trinajstić information content (AvgIpc) is 3.24. The van der Waals surface area contributed by atoms with Crippen molar-refractivity contribution in [2.75, 3.05) is 19.8 Å². The lowest BCUT2D eigenvalue weighted by Crippen LogP contribution is -2.27. The Balaban J connectivity index is 3.45. The second-order valence-electron chi connectivity index (χ2n) is 16.5. The summed E-state index contributed by atoms with van der Waals surface area (Å²) < 4.78 is 11.2. The number of aliphatic hydroxyl groups excluding tert-OH is 1. The maximum Gasteiger partial charge on any atom is 0.306 e. The molecule has 0 amide bonds. The second kappa shape index (κ2) is 51.7. The van der Waals surface area contributed by atoms with Gasteiger partial charge in [0.05, 0.1) is 13.2 Å². The number of ether oxygens (including phenoxy) is 2. The third-order valence-corrected chi connectivity index (χ3v) is 10.7. The van der Waals surface area contributed by atoms with Crippen molar-refractivity contribution in [2.24, 2.45) is 0 Å². The van der Waals surface area contributed by atoms with Crippen molar-refractivity contribution in [1.82, 2.24) is 0 Å². The molecule has 0 aromatic heterocycles. The Bertz CT molecular complexity index is 1050. The van der Waals surface area contributed by atoms with E-state index in [1.54, 1.807) is 0 Å². The molecule has 0 bridgehead atoms. The van der Waals surface area contributed by atoms with Crippen LogP contribution in [0.5, 0.6) is 0 Å². The maximum atomic E-state index is 12.3. The summed E-state index contributed by atoms with van der Waals surface area (Å²) in [5.74, 6) is -0.214. The molecular weight excluding hydrogens is 725 g/mol. The summed E-state index contributed by atoms with van der Waals surface area (Å²) in [6.45, 7) is 5.21. The molecule has 4 nitrogen and oxygen atoms in total. The number of carbonyl (C=O) groups is 1. The minimum atomic E-state index is -0.547.